The molecule has 2 N–H and O–H groups in total. The van der Waals surface area contributed by atoms with Crippen molar-refractivity contribution < 1.29 is 4.79 Å². The zero-order valence-corrected chi connectivity index (χ0v) is 10.8. The summed E-state index contributed by atoms with van der Waals surface area (Å²) in [6.45, 7) is 9.27. The molecule has 0 saturated carbocycles. The molecule has 0 bridgehead atoms. The molecule has 3 heteroatoms. The van der Waals surface area contributed by atoms with Gasteiger partial charge >= 0.3 is 0 Å². The van der Waals surface area contributed by atoms with E-state index in [-0.39, 0.29) is 5.91 Å². The van der Waals surface area contributed by atoms with Gasteiger partial charge in [-0.3, -0.25) is 4.79 Å². The second-order valence-electron chi connectivity index (χ2n) is 4.61. The van der Waals surface area contributed by atoms with E-state index in [2.05, 4.69) is 38.3 Å². The van der Waals surface area contributed by atoms with Crippen molar-refractivity contribution in [1.82, 2.24) is 10.6 Å². The number of rotatable bonds is 7. The van der Waals surface area contributed by atoms with Crippen LogP contribution in [0.2, 0.25) is 0 Å². The molecule has 0 spiro atoms. The average Bonchev–Trinajstić information content (AvgIpc) is 2.21. The van der Waals surface area contributed by atoms with E-state index >= 15 is 0 Å². The van der Waals surface area contributed by atoms with Gasteiger partial charge in [-0.2, -0.15) is 0 Å². The predicted octanol–water partition coefficient (Wildman–Crippen LogP) is 1.78. The number of amides is 1. The monoisotopic (exact) mass is 214 g/mol. The molecule has 0 aromatic rings. The maximum Gasteiger partial charge on any atom is 0.220 e. The Morgan fingerprint density at radius 3 is 2.27 bits per heavy atom. The lowest BCUT2D eigenvalue weighted by molar-refractivity contribution is -0.122. The minimum Gasteiger partial charge on any atom is -0.355 e. The minimum atomic E-state index is 0.178. The van der Waals surface area contributed by atoms with Gasteiger partial charge in [0.2, 0.25) is 5.91 Å². The molecule has 0 aromatic heterocycles. The first-order valence-corrected chi connectivity index (χ1v) is 5.95. The van der Waals surface area contributed by atoms with Crippen molar-refractivity contribution in [1.29, 1.82) is 0 Å². The Balaban J connectivity index is 3.81. The quantitative estimate of drug-likeness (QED) is 0.678. The molecule has 0 rings (SSSR count). The molecule has 0 fully saturated rings. The second kappa shape index (κ2) is 7.69. The maximum atomic E-state index is 11.6. The fourth-order valence-corrected chi connectivity index (χ4v) is 1.53. The van der Waals surface area contributed by atoms with Crippen molar-refractivity contribution in [2.45, 2.75) is 46.6 Å². The van der Waals surface area contributed by atoms with Gasteiger partial charge in [0.25, 0.3) is 0 Å². The number of hydrogen-bond acceptors (Lipinski definition) is 2. The number of carbonyl (C=O) groups is 1. The first-order chi connectivity index (χ1) is 7.01. The zero-order valence-electron chi connectivity index (χ0n) is 10.8. The van der Waals surface area contributed by atoms with Gasteiger partial charge in [-0.15, -0.1) is 0 Å². The molecule has 0 saturated heterocycles. The third-order valence-electron chi connectivity index (χ3n) is 3.01. The van der Waals surface area contributed by atoms with Crippen LogP contribution in [0.4, 0.5) is 0 Å². The summed E-state index contributed by atoms with van der Waals surface area (Å²) in [4.78, 5) is 11.6. The van der Waals surface area contributed by atoms with Crippen molar-refractivity contribution >= 4 is 5.91 Å². The molecule has 2 unspecified atom stereocenters. The van der Waals surface area contributed by atoms with Gasteiger partial charge < -0.3 is 10.6 Å². The van der Waals surface area contributed by atoms with E-state index in [0.717, 1.165) is 6.42 Å². The molecule has 0 aliphatic rings. The lowest BCUT2D eigenvalue weighted by atomic mass is 9.90. The normalized spacial score (nSPS) is 15.1. The van der Waals surface area contributed by atoms with Gasteiger partial charge in [-0.1, -0.05) is 27.2 Å². The molecule has 15 heavy (non-hydrogen) atoms. The molecule has 0 radical (unpaired) electrons. The SMILES string of the molecule is CCC(CC(=O)NCC(C)NC)C(C)C. The Kier molecular flexibility index (Phi) is 7.39. The first-order valence-electron chi connectivity index (χ1n) is 5.95. The van der Waals surface area contributed by atoms with Gasteiger partial charge in [0, 0.05) is 19.0 Å². The number of likely N-dealkylation sites (N-methyl/N-ethyl adjacent to an activating group) is 1. The molecule has 0 heterocycles. The van der Waals surface area contributed by atoms with Gasteiger partial charge in [0.1, 0.15) is 0 Å². The van der Waals surface area contributed by atoms with Crippen LogP contribution in [0.3, 0.4) is 0 Å². The molecule has 1 amide bonds. The largest absolute Gasteiger partial charge is 0.355 e. The Labute approximate surface area is 94.0 Å². The van der Waals surface area contributed by atoms with Crippen LogP contribution in [-0.4, -0.2) is 25.5 Å². The highest BCUT2D eigenvalue weighted by Gasteiger charge is 2.15. The second-order valence-corrected chi connectivity index (χ2v) is 4.61. The zero-order chi connectivity index (χ0) is 11.8. The van der Waals surface area contributed by atoms with Gasteiger partial charge in [-0.05, 0) is 25.8 Å². The highest BCUT2D eigenvalue weighted by atomic mass is 16.1. The molecule has 0 aliphatic heterocycles. The van der Waals surface area contributed by atoms with E-state index in [4.69, 9.17) is 0 Å². The third-order valence-corrected chi connectivity index (χ3v) is 3.01. The van der Waals surface area contributed by atoms with Crippen molar-refractivity contribution in [3.63, 3.8) is 0 Å². The first kappa shape index (κ1) is 14.4. The van der Waals surface area contributed by atoms with Crippen LogP contribution < -0.4 is 10.6 Å². The summed E-state index contributed by atoms with van der Waals surface area (Å²) in [5.74, 6) is 1.27. The fraction of sp³-hybridized carbons (Fsp3) is 0.917. The Bertz CT molecular complexity index is 180. The summed E-state index contributed by atoms with van der Waals surface area (Å²) in [6, 6.07) is 0.341. The smallest absolute Gasteiger partial charge is 0.220 e. The van der Waals surface area contributed by atoms with E-state index in [1.165, 1.54) is 0 Å². The number of hydrogen-bond donors (Lipinski definition) is 2. The van der Waals surface area contributed by atoms with Gasteiger partial charge in [0.15, 0.2) is 0 Å². The summed E-state index contributed by atoms with van der Waals surface area (Å²) in [5.41, 5.74) is 0. The van der Waals surface area contributed by atoms with Crippen molar-refractivity contribution in [2.75, 3.05) is 13.6 Å². The highest BCUT2D eigenvalue weighted by Crippen LogP contribution is 2.18. The Morgan fingerprint density at radius 1 is 1.27 bits per heavy atom. The molecular weight excluding hydrogens is 188 g/mol. The van der Waals surface area contributed by atoms with Crippen molar-refractivity contribution in [2.24, 2.45) is 11.8 Å². The van der Waals surface area contributed by atoms with Gasteiger partial charge in [0.05, 0.1) is 0 Å². The molecular formula is C12H26N2O. The fourth-order valence-electron chi connectivity index (χ4n) is 1.53. The van der Waals surface area contributed by atoms with Gasteiger partial charge in [-0.25, -0.2) is 0 Å². The summed E-state index contributed by atoms with van der Waals surface area (Å²) in [7, 11) is 1.90. The van der Waals surface area contributed by atoms with E-state index in [0.29, 0.717) is 30.8 Å². The van der Waals surface area contributed by atoms with E-state index in [1.807, 2.05) is 7.05 Å². The lowest BCUT2D eigenvalue weighted by Gasteiger charge is -2.19. The Hall–Kier alpha value is -0.570. The van der Waals surface area contributed by atoms with E-state index < -0.39 is 0 Å². The van der Waals surface area contributed by atoms with Crippen LogP contribution in [0.5, 0.6) is 0 Å². The summed E-state index contributed by atoms with van der Waals surface area (Å²) in [6.07, 6.45) is 1.73. The summed E-state index contributed by atoms with van der Waals surface area (Å²) >= 11 is 0. The Morgan fingerprint density at radius 2 is 1.87 bits per heavy atom. The van der Waals surface area contributed by atoms with E-state index in [1.54, 1.807) is 0 Å². The van der Waals surface area contributed by atoms with Crippen LogP contribution in [0.25, 0.3) is 0 Å². The average molecular weight is 214 g/mol. The molecule has 0 aliphatic carbocycles. The van der Waals surface area contributed by atoms with Crippen LogP contribution in [0, 0.1) is 11.8 Å². The van der Waals surface area contributed by atoms with Crippen LogP contribution in [0.1, 0.15) is 40.5 Å². The van der Waals surface area contributed by atoms with Crippen LogP contribution >= 0.6 is 0 Å². The van der Waals surface area contributed by atoms with Crippen molar-refractivity contribution in [3.05, 3.63) is 0 Å². The van der Waals surface area contributed by atoms with Crippen LogP contribution in [0.15, 0.2) is 0 Å². The lowest BCUT2D eigenvalue weighted by Crippen LogP contribution is -2.38. The molecule has 90 valence electrons. The maximum absolute atomic E-state index is 11.6. The number of carbonyl (C=O) groups excluding carboxylic acids is 1. The third kappa shape index (κ3) is 6.50. The summed E-state index contributed by atoms with van der Waals surface area (Å²) < 4.78 is 0. The topological polar surface area (TPSA) is 41.1 Å². The van der Waals surface area contributed by atoms with Crippen LogP contribution in [-0.2, 0) is 4.79 Å². The molecule has 0 aromatic carbocycles. The standard InChI is InChI=1S/C12H26N2O/c1-6-11(9(2)3)7-12(15)14-8-10(4)13-5/h9-11,13H,6-8H2,1-5H3,(H,14,15). The van der Waals surface area contributed by atoms with E-state index in [9.17, 15) is 4.79 Å². The summed E-state index contributed by atoms with van der Waals surface area (Å²) in [5, 5.41) is 6.05. The molecule has 2 atom stereocenters. The minimum absolute atomic E-state index is 0.178. The highest BCUT2D eigenvalue weighted by molar-refractivity contribution is 5.76. The van der Waals surface area contributed by atoms with Crippen molar-refractivity contribution in [3.8, 4) is 0 Å². The molecule has 3 nitrogen and oxygen atoms in total. The predicted molar refractivity (Wildman–Crippen MR) is 64.8 cm³/mol. The number of nitrogens with one attached hydrogen (secondary N) is 2.